The van der Waals surface area contributed by atoms with Gasteiger partial charge < -0.3 is 14.2 Å². The highest BCUT2D eigenvalue weighted by molar-refractivity contribution is 5.42. The van der Waals surface area contributed by atoms with Crippen LogP contribution in [0.25, 0.3) is 0 Å². The van der Waals surface area contributed by atoms with Gasteiger partial charge in [0.15, 0.2) is 0 Å². The van der Waals surface area contributed by atoms with Gasteiger partial charge in [-0.15, -0.1) is 0 Å². The van der Waals surface area contributed by atoms with Crippen LogP contribution in [-0.4, -0.2) is 20.8 Å². The number of hydrogen-bond acceptors (Lipinski definition) is 3. The fourth-order valence-corrected chi connectivity index (χ4v) is 5.50. The standard InChI is InChI=1S/C23H34O3/c1-16-8-9-21-22(2,3)10-7-11-23(21,4)20(16)15-26-19-13-17(24-5)12-18(14-19)25-6/h8,12-14,20-21H,7,9-11,15H2,1-6H3/t20-,21-,23+/m0/s1. The number of methoxy groups -OCH3 is 2. The molecule has 2 aliphatic carbocycles. The minimum Gasteiger partial charge on any atom is -0.496 e. The molecule has 0 N–H and O–H groups in total. The van der Waals surface area contributed by atoms with Crippen molar-refractivity contribution in [2.75, 3.05) is 20.8 Å². The van der Waals surface area contributed by atoms with E-state index in [1.54, 1.807) is 14.2 Å². The van der Waals surface area contributed by atoms with Crippen molar-refractivity contribution in [3.05, 3.63) is 29.8 Å². The number of benzene rings is 1. The van der Waals surface area contributed by atoms with E-state index in [-0.39, 0.29) is 0 Å². The summed E-state index contributed by atoms with van der Waals surface area (Å²) in [6, 6.07) is 5.75. The van der Waals surface area contributed by atoms with E-state index in [1.165, 1.54) is 31.3 Å². The Kier molecular flexibility index (Phi) is 5.28. The molecule has 0 saturated heterocycles. The molecule has 0 aliphatic heterocycles. The van der Waals surface area contributed by atoms with Gasteiger partial charge in [-0.1, -0.05) is 38.8 Å². The summed E-state index contributed by atoms with van der Waals surface area (Å²) in [5, 5.41) is 0. The van der Waals surface area contributed by atoms with Crippen LogP contribution >= 0.6 is 0 Å². The van der Waals surface area contributed by atoms with E-state index >= 15 is 0 Å². The molecule has 3 heteroatoms. The first-order valence-electron chi connectivity index (χ1n) is 9.82. The molecule has 0 radical (unpaired) electrons. The van der Waals surface area contributed by atoms with Gasteiger partial charge in [0.05, 0.1) is 20.8 Å². The smallest absolute Gasteiger partial charge is 0.126 e. The Hall–Kier alpha value is -1.64. The van der Waals surface area contributed by atoms with Crippen molar-refractivity contribution in [3.8, 4) is 17.2 Å². The van der Waals surface area contributed by atoms with E-state index < -0.39 is 0 Å². The lowest BCUT2D eigenvalue weighted by Gasteiger charge is -2.56. The van der Waals surface area contributed by atoms with E-state index in [4.69, 9.17) is 14.2 Å². The summed E-state index contributed by atoms with van der Waals surface area (Å²) in [6.07, 6.45) is 7.61. The van der Waals surface area contributed by atoms with Crippen molar-refractivity contribution in [2.24, 2.45) is 22.7 Å². The second-order valence-corrected chi connectivity index (χ2v) is 9.00. The van der Waals surface area contributed by atoms with Crippen molar-refractivity contribution in [1.82, 2.24) is 0 Å². The van der Waals surface area contributed by atoms with Gasteiger partial charge in [0, 0.05) is 24.1 Å². The average Bonchev–Trinajstić information content (AvgIpc) is 2.59. The second-order valence-electron chi connectivity index (χ2n) is 9.00. The highest BCUT2D eigenvalue weighted by Crippen LogP contribution is 2.59. The Morgan fingerprint density at radius 1 is 0.962 bits per heavy atom. The molecule has 26 heavy (non-hydrogen) atoms. The number of allylic oxidation sites excluding steroid dienone is 1. The lowest BCUT2D eigenvalue weighted by molar-refractivity contribution is -0.0481. The fourth-order valence-electron chi connectivity index (χ4n) is 5.50. The van der Waals surface area contributed by atoms with E-state index in [9.17, 15) is 0 Å². The number of ether oxygens (including phenoxy) is 3. The van der Waals surface area contributed by atoms with E-state index in [2.05, 4.69) is 33.8 Å². The first kappa shape index (κ1) is 19.1. The molecule has 1 aromatic carbocycles. The number of hydrogen-bond donors (Lipinski definition) is 0. The summed E-state index contributed by atoms with van der Waals surface area (Å²) < 4.78 is 17.0. The monoisotopic (exact) mass is 358 g/mol. The molecule has 1 fully saturated rings. The fraction of sp³-hybridized carbons (Fsp3) is 0.652. The molecule has 0 spiro atoms. The zero-order valence-corrected chi connectivity index (χ0v) is 17.2. The molecule has 3 nitrogen and oxygen atoms in total. The van der Waals surface area contributed by atoms with Crippen molar-refractivity contribution in [2.45, 2.75) is 53.4 Å². The Morgan fingerprint density at radius 3 is 2.19 bits per heavy atom. The molecule has 2 aliphatic rings. The van der Waals surface area contributed by atoms with Crippen LogP contribution in [0.3, 0.4) is 0 Å². The van der Waals surface area contributed by atoms with Gasteiger partial charge in [0.2, 0.25) is 0 Å². The third-order valence-corrected chi connectivity index (χ3v) is 7.04. The molecule has 144 valence electrons. The minimum absolute atomic E-state index is 0.309. The van der Waals surface area contributed by atoms with Crippen LogP contribution in [0, 0.1) is 22.7 Å². The third kappa shape index (κ3) is 3.45. The molecule has 0 bridgehead atoms. The van der Waals surface area contributed by atoms with Crippen molar-refractivity contribution < 1.29 is 14.2 Å². The molecular weight excluding hydrogens is 324 g/mol. The predicted octanol–water partition coefficient (Wildman–Crippen LogP) is 5.88. The van der Waals surface area contributed by atoms with Crippen LogP contribution in [0.4, 0.5) is 0 Å². The highest BCUT2D eigenvalue weighted by Gasteiger charge is 2.52. The van der Waals surface area contributed by atoms with Crippen LogP contribution in [0.2, 0.25) is 0 Å². The largest absolute Gasteiger partial charge is 0.496 e. The lowest BCUT2D eigenvalue weighted by Crippen LogP contribution is -2.50. The Morgan fingerprint density at radius 2 is 1.58 bits per heavy atom. The van der Waals surface area contributed by atoms with Gasteiger partial charge in [-0.05, 0) is 42.9 Å². The summed E-state index contributed by atoms with van der Waals surface area (Å²) in [7, 11) is 3.34. The summed E-state index contributed by atoms with van der Waals surface area (Å²) >= 11 is 0. The Balaban J connectivity index is 1.82. The van der Waals surface area contributed by atoms with Crippen LogP contribution in [0.5, 0.6) is 17.2 Å². The molecule has 0 unspecified atom stereocenters. The zero-order valence-electron chi connectivity index (χ0n) is 17.2. The zero-order chi connectivity index (χ0) is 18.9. The number of fused-ring (bicyclic) bond motifs is 1. The van der Waals surface area contributed by atoms with E-state index in [1.807, 2.05) is 18.2 Å². The molecule has 0 amide bonds. The normalized spacial score (nSPS) is 30.2. The molecular formula is C23H34O3. The van der Waals surface area contributed by atoms with E-state index in [0.29, 0.717) is 23.4 Å². The first-order chi connectivity index (χ1) is 12.3. The maximum Gasteiger partial charge on any atom is 0.126 e. The maximum absolute atomic E-state index is 6.28. The number of rotatable bonds is 5. The summed E-state index contributed by atoms with van der Waals surface area (Å²) in [5.74, 6) is 3.52. The lowest BCUT2D eigenvalue weighted by atomic mass is 9.49. The van der Waals surface area contributed by atoms with Crippen LogP contribution < -0.4 is 14.2 Å². The first-order valence-corrected chi connectivity index (χ1v) is 9.82. The third-order valence-electron chi connectivity index (χ3n) is 7.04. The maximum atomic E-state index is 6.28. The van der Waals surface area contributed by atoms with Crippen molar-refractivity contribution >= 4 is 0 Å². The Labute approximate surface area is 158 Å². The van der Waals surface area contributed by atoms with Crippen LogP contribution in [0.15, 0.2) is 29.8 Å². The van der Waals surface area contributed by atoms with Crippen molar-refractivity contribution in [3.63, 3.8) is 0 Å². The molecule has 3 atom stereocenters. The highest BCUT2D eigenvalue weighted by atomic mass is 16.5. The molecule has 1 aromatic rings. The van der Waals surface area contributed by atoms with Crippen LogP contribution in [-0.2, 0) is 0 Å². The predicted molar refractivity (Wildman–Crippen MR) is 106 cm³/mol. The van der Waals surface area contributed by atoms with Crippen LogP contribution in [0.1, 0.15) is 53.4 Å². The molecule has 3 rings (SSSR count). The van der Waals surface area contributed by atoms with Gasteiger partial charge in [-0.25, -0.2) is 0 Å². The minimum atomic E-state index is 0.309. The molecule has 0 heterocycles. The SMILES string of the molecule is COc1cc(OC)cc(OC[C@H]2C(C)=CC[C@H]3C(C)(C)CCC[C@]23C)c1. The topological polar surface area (TPSA) is 27.7 Å². The quantitative estimate of drug-likeness (QED) is 0.615. The second kappa shape index (κ2) is 7.17. The summed E-state index contributed by atoms with van der Waals surface area (Å²) in [6.45, 7) is 10.4. The molecule has 0 aromatic heterocycles. The van der Waals surface area contributed by atoms with Gasteiger partial charge >= 0.3 is 0 Å². The van der Waals surface area contributed by atoms with Gasteiger partial charge in [-0.2, -0.15) is 0 Å². The average molecular weight is 359 g/mol. The van der Waals surface area contributed by atoms with Crippen molar-refractivity contribution in [1.29, 1.82) is 0 Å². The van der Waals surface area contributed by atoms with Gasteiger partial charge in [0.25, 0.3) is 0 Å². The van der Waals surface area contributed by atoms with Gasteiger partial charge in [-0.3, -0.25) is 0 Å². The Bertz CT molecular complexity index is 654. The molecule has 1 saturated carbocycles. The van der Waals surface area contributed by atoms with Gasteiger partial charge in [0.1, 0.15) is 17.2 Å². The summed E-state index contributed by atoms with van der Waals surface area (Å²) in [4.78, 5) is 0. The van der Waals surface area contributed by atoms with E-state index in [0.717, 1.165) is 23.2 Å². The summed E-state index contributed by atoms with van der Waals surface area (Å²) in [5.41, 5.74) is 2.20.